The summed E-state index contributed by atoms with van der Waals surface area (Å²) in [6.07, 6.45) is 0. The summed E-state index contributed by atoms with van der Waals surface area (Å²) in [6.45, 7) is 4.53. The number of hydrogen-bond donors (Lipinski definition) is 1. The molecule has 0 saturated heterocycles. The van der Waals surface area contributed by atoms with Crippen LogP contribution in [0.1, 0.15) is 24.2 Å². The van der Waals surface area contributed by atoms with Crippen LogP contribution in [0.3, 0.4) is 0 Å². The van der Waals surface area contributed by atoms with E-state index in [1.54, 1.807) is 18.9 Å². The quantitative estimate of drug-likeness (QED) is 0.792. The molecule has 1 N–H and O–H groups in total. The molecule has 0 saturated carbocycles. The van der Waals surface area contributed by atoms with Crippen molar-refractivity contribution in [2.75, 3.05) is 19.5 Å². The van der Waals surface area contributed by atoms with Crippen LogP contribution in [0.4, 0.5) is 0 Å². The van der Waals surface area contributed by atoms with Gasteiger partial charge in [-0.05, 0) is 24.8 Å². The fourth-order valence-corrected chi connectivity index (χ4v) is 2.33. The third-order valence-corrected chi connectivity index (χ3v) is 3.18. The number of carbonyl (C=O) groups is 1. The lowest BCUT2D eigenvalue weighted by Gasteiger charge is -2.14. The molecule has 4 heteroatoms. The zero-order valence-electron chi connectivity index (χ0n) is 10.5. The van der Waals surface area contributed by atoms with Crippen molar-refractivity contribution >= 4 is 17.7 Å². The van der Waals surface area contributed by atoms with E-state index in [0.29, 0.717) is 6.61 Å². The minimum Gasteiger partial charge on any atom is -0.383 e. The minimum atomic E-state index is -0.0360. The van der Waals surface area contributed by atoms with Crippen LogP contribution in [0.15, 0.2) is 29.2 Å². The molecule has 1 rings (SSSR count). The van der Waals surface area contributed by atoms with E-state index in [1.807, 2.05) is 31.2 Å². The van der Waals surface area contributed by atoms with Crippen molar-refractivity contribution in [1.29, 1.82) is 0 Å². The van der Waals surface area contributed by atoms with Crippen molar-refractivity contribution in [2.24, 2.45) is 0 Å². The molecule has 0 spiro atoms. The highest BCUT2D eigenvalue weighted by atomic mass is 32.2. The summed E-state index contributed by atoms with van der Waals surface area (Å²) >= 11 is 1.68. The molecule has 3 nitrogen and oxygen atoms in total. The molecule has 1 aromatic rings. The molecule has 1 aromatic carbocycles. The van der Waals surface area contributed by atoms with E-state index in [9.17, 15) is 4.79 Å². The molecule has 0 fully saturated rings. The van der Waals surface area contributed by atoms with Gasteiger partial charge in [-0.3, -0.25) is 4.79 Å². The predicted molar refractivity (Wildman–Crippen MR) is 71.6 cm³/mol. The van der Waals surface area contributed by atoms with E-state index in [0.717, 1.165) is 16.2 Å². The van der Waals surface area contributed by atoms with E-state index in [-0.39, 0.29) is 11.9 Å². The van der Waals surface area contributed by atoms with Crippen molar-refractivity contribution < 1.29 is 9.53 Å². The Hall–Kier alpha value is -1.00. The Morgan fingerprint density at radius 3 is 2.82 bits per heavy atom. The van der Waals surface area contributed by atoms with Gasteiger partial charge in [-0.15, -0.1) is 11.8 Å². The van der Waals surface area contributed by atoms with Crippen LogP contribution in [-0.2, 0) is 4.74 Å². The average molecular weight is 253 g/mol. The number of nitrogens with one attached hydrogen (secondary N) is 1. The molecule has 0 radical (unpaired) electrons. The number of methoxy groups -OCH3 is 1. The first-order valence-electron chi connectivity index (χ1n) is 5.70. The number of hydrogen-bond acceptors (Lipinski definition) is 3. The van der Waals surface area contributed by atoms with Crippen LogP contribution in [0, 0.1) is 0 Å². The SMILES string of the molecule is CCSc1ccccc1C(=O)N[C@H](C)COC. The Labute approximate surface area is 107 Å². The lowest BCUT2D eigenvalue weighted by Crippen LogP contribution is -2.35. The Morgan fingerprint density at radius 2 is 2.18 bits per heavy atom. The number of amides is 1. The second-order valence-electron chi connectivity index (χ2n) is 3.76. The monoisotopic (exact) mass is 253 g/mol. The highest BCUT2D eigenvalue weighted by molar-refractivity contribution is 7.99. The molecule has 94 valence electrons. The summed E-state index contributed by atoms with van der Waals surface area (Å²) in [7, 11) is 1.63. The van der Waals surface area contributed by atoms with Gasteiger partial charge in [-0.2, -0.15) is 0 Å². The summed E-state index contributed by atoms with van der Waals surface area (Å²) in [5.41, 5.74) is 0.738. The highest BCUT2D eigenvalue weighted by Gasteiger charge is 2.13. The number of thioether (sulfide) groups is 1. The minimum absolute atomic E-state index is 0.0205. The molecule has 0 bridgehead atoms. The molecule has 0 heterocycles. The smallest absolute Gasteiger partial charge is 0.252 e. The lowest BCUT2D eigenvalue weighted by atomic mass is 10.2. The van der Waals surface area contributed by atoms with Gasteiger partial charge in [0.25, 0.3) is 5.91 Å². The van der Waals surface area contributed by atoms with Crippen LogP contribution in [-0.4, -0.2) is 31.4 Å². The maximum Gasteiger partial charge on any atom is 0.252 e. The van der Waals surface area contributed by atoms with Crippen LogP contribution in [0.25, 0.3) is 0 Å². The van der Waals surface area contributed by atoms with E-state index in [1.165, 1.54) is 0 Å². The van der Waals surface area contributed by atoms with Crippen molar-refractivity contribution in [3.63, 3.8) is 0 Å². The molecule has 0 aliphatic heterocycles. The van der Waals surface area contributed by atoms with Crippen molar-refractivity contribution in [1.82, 2.24) is 5.32 Å². The molecule has 1 amide bonds. The third-order valence-electron chi connectivity index (χ3n) is 2.23. The first-order chi connectivity index (χ1) is 8.19. The van der Waals surface area contributed by atoms with Gasteiger partial charge >= 0.3 is 0 Å². The predicted octanol–water partition coefficient (Wildman–Crippen LogP) is 2.56. The molecule has 1 atom stereocenters. The number of ether oxygens (including phenoxy) is 1. The molecular weight excluding hydrogens is 234 g/mol. The van der Waals surface area contributed by atoms with Crippen molar-refractivity contribution in [3.8, 4) is 0 Å². The van der Waals surface area contributed by atoms with Crippen molar-refractivity contribution in [3.05, 3.63) is 29.8 Å². The van der Waals surface area contributed by atoms with Gasteiger partial charge in [0.2, 0.25) is 0 Å². The van der Waals surface area contributed by atoms with Gasteiger partial charge < -0.3 is 10.1 Å². The fraction of sp³-hybridized carbons (Fsp3) is 0.462. The van der Waals surface area contributed by atoms with Crippen LogP contribution >= 0.6 is 11.8 Å². The number of rotatable bonds is 6. The summed E-state index contributed by atoms with van der Waals surface area (Å²) in [4.78, 5) is 13.1. The van der Waals surface area contributed by atoms with E-state index in [2.05, 4.69) is 12.2 Å². The van der Waals surface area contributed by atoms with E-state index < -0.39 is 0 Å². The molecule has 17 heavy (non-hydrogen) atoms. The van der Waals surface area contributed by atoms with Gasteiger partial charge in [-0.25, -0.2) is 0 Å². The molecular formula is C13H19NO2S. The van der Waals surface area contributed by atoms with E-state index >= 15 is 0 Å². The van der Waals surface area contributed by atoms with Gasteiger partial charge in [-0.1, -0.05) is 19.1 Å². The zero-order valence-corrected chi connectivity index (χ0v) is 11.3. The summed E-state index contributed by atoms with van der Waals surface area (Å²) in [5, 5.41) is 2.92. The zero-order chi connectivity index (χ0) is 12.7. The molecule has 0 unspecified atom stereocenters. The summed E-state index contributed by atoms with van der Waals surface area (Å²) < 4.78 is 5.00. The Kier molecular flexibility index (Phi) is 6.08. The topological polar surface area (TPSA) is 38.3 Å². The highest BCUT2D eigenvalue weighted by Crippen LogP contribution is 2.22. The second kappa shape index (κ2) is 7.35. The van der Waals surface area contributed by atoms with Gasteiger partial charge in [0.05, 0.1) is 12.2 Å². The fourth-order valence-electron chi connectivity index (χ4n) is 1.53. The number of benzene rings is 1. The Bertz CT molecular complexity index is 368. The van der Waals surface area contributed by atoms with E-state index in [4.69, 9.17) is 4.74 Å². The van der Waals surface area contributed by atoms with Gasteiger partial charge in [0, 0.05) is 18.0 Å². The van der Waals surface area contributed by atoms with Crippen LogP contribution in [0.5, 0.6) is 0 Å². The average Bonchev–Trinajstić information content (AvgIpc) is 2.30. The number of carbonyl (C=O) groups excluding carboxylic acids is 1. The first kappa shape index (κ1) is 14.1. The van der Waals surface area contributed by atoms with Crippen LogP contribution < -0.4 is 5.32 Å². The van der Waals surface area contributed by atoms with Gasteiger partial charge in [0.15, 0.2) is 0 Å². The summed E-state index contributed by atoms with van der Waals surface area (Å²) in [6, 6.07) is 7.69. The van der Waals surface area contributed by atoms with Crippen LogP contribution in [0.2, 0.25) is 0 Å². The molecule has 0 aliphatic carbocycles. The Morgan fingerprint density at radius 1 is 1.47 bits per heavy atom. The van der Waals surface area contributed by atoms with Crippen molar-refractivity contribution in [2.45, 2.75) is 24.8 Å². The maximum absolute atomic E-state index is 12.0. The normalized spacial score (nSPS) is 12.2. The molecule has 0 aromatic heterocycles. The lowest BCUT2D eigenvalue weighted by molar-refractivity contribution is 0.0902. The summed E-state index contributed by atoms with van der Waals surface area (Å²) in [5.74, 6) is 0.920. The Balaban J connectivity index is 2.74. The largest absolute Gasteiger partial charge is 0.383 e. The maximum atomic E-state index is 12.0. The molecule has 0 aliphatic rings. The van der Waals surface area contributed by atoms with Gasteiger partial charge in [0.1, 0.15) is 0 Å². The standard InChI is InChI=1S/C13H19NO2S/c1-4-17-12-8-6-5-7-11(12)13(15)14-10(2)9-16-3/h5-8,10H,4,9H2,1-3H3,(H,14,15)/t10-/m1/s1. The first-order valence-corrected chi connectivity index (χ1v) is 6.69. The third kappa shape index (κ3) is 4.40. The second-order valence-corrected chi connectivity index (χ2v) is 5.06.